The second-order valence-corrected chi connectivity index (χ2v) is 11.9. The van der Waals surface area contributed by atoms with Crippen LogP contribution in [0.3, 0.4) is 0 Å². The van der Waals surface area contributed by atoms with E-state index < -0.39 is 10.0 Å². The van der Waals surface area contributed by atoms with Crippen LogP contribution in [0.2, 0.25) is 0 Å². The van der Waals surface area contributed by atoms with Crippen LogP contribution < -0.4 is 0 Å². The molecule has 0 radical (unpaired) electrons. The van der Waals surface area contributed by atoms with Crippen molar-refractivity contribution in [2.45, 2.75) is 88.1 Å². The van der Waals surface area contributed by atoms with Crippen molar-refractivity contribution >= 4 is 15.9 Å². The molecule has 0 spiro atoms. The number of piperidine rings is 2. The van der Waals surface area contributed by atoms with Gasteiger partial charge in [-0.05, 0) is 69.7 Å². The van der Waals surface area contributed by atoms with Gasteiger partial charge >= 0.3 is 0 Å². The van der Waals surface area contributed by atoms with Gasteiger partial charge in [0.1, 0.15) is 11.6 Å². The summed E-state index contributed by atoms with van der Waals surface area (Å²) >= 11 is 0. The fourth-order valence-electron chi connectivity index (χ4n) is 5.70. The van der Waals surface area contributed by atoms with Crippen LogP contribution in [0, 0.1) is 0 Å². The Labute approximate surface area is 202 Å². The molecule has 184 valence electrons. The van der Waals surface area contributed by atoms with Crippen molar-refractivity contribution in [3.63, 3.8) is 0 Å². The molecule has 0 bridgehead atoms. The predicted octanol–water partition coefficient (Wildman–Crippen LogP) is 3.59. The molecule has 2 aromatic rings. The molecule has 0 N–H and O–H groups in total. The average Bonchev–Trinajstić information content (AvgIpc) is 3.12. The molecule has 2 fully saturated rings. The van der Waals surface area contributed by atoms with Crippen LogP contribution in [0.25, 0.3) is 0 Å². The molecule has 1 aromatic heterocycles. The molecule has 0 saturated carbocycles. The van der Waals surface area contributed by atoms with E-state index >= 15 is 0 Å². The molecule has 0 aliphatic carbocycles. The topological polar surface area (TPSA) is 88.4 Å². The monoisotopic (exact) mass is 485 g/mol. The minimum atomic E-state index is -3.54. The van der Waals surface area contributed by atoms with Gasteiger partial charge in [-0.1, -0.05) is 12.8 Å². The summed E-state index contributed by atoms with van der Waals surface area (Å²) in [7, 11) is -3.54. The highest BCUT2D eigenvalue weighted by molar-refractivity contribution is 7.89. The molecule has 9 heteroatoms. The van der Waals surface area contributed by atoms with Gasteiger partial charge in [0, 0.05) is 50.1 Å². The summed E-state index contributed by atoms with van der Waals surface area (Å²) in [5.41, 5.74) is 0.534. The number of rotatable bonds is 4. The maximum Gasteiger partial charge on any atom is 0.253 e. The smallest absolute Gasteiger partial charge is 0.253 e. The van der Waals surface area contributed by atoms with Crippen LogP contribution in [0.1, 0.15) is 86.2 Å². The normalized spacial score (nSPS) is 24.4. The molecule has 8 nitrogen and oxygen atoms in total. The van der Waals surface area contributed by atoms with Gasteiger partial charge < -0.3 is 9.47 Å². The Bertz CT molecular complexity index is 1130. The summed E-state index contributed by atoms with van der Waals surface area (Å²) in [4.78, 5) is 15.5. The maximum atomic E-state index is 13.3. The van der Waals surface area contributed by atoms with Crippen molar-refractivity contribution in [1.29, 1.82) is 0 Å². The van der Waals surface area contributed by atoms with E-state index in [-0.39, 0.29) is 22.8 Å². The highest BCUT2D eigenvalue weighted by Crippen LogP contribution is 2.29. The summed E-state index contributed by atoms with van der Waals surface area (Å²) in [5, 5.41) is 8.97. The van der Waals surface area contributed by atoms with Crippen LogP contribution in [0.4, 0.5) is 0 Å². The van der Waals surface area contributed by atoms with Gasteiger partial charge in [0.05, 0.1) is 4.90 Å². The lowest BCUT2D eigenvalue weighted by Crippen LogP contribution is -2.42. The highest BCUT2D eigenvalue weighted by Gasteiger charge is 2.32. The van der Waals surface area contributed by atoms with Crippen molar-refractivity contribution in [2.75, 3.05) is 19.6 Å². The van der Waals surface area contributed by atoms with E-state index in [0.717, 1.165) is 69.6 Å². The number of hydrogen-bond acceptors (Lipinski definition) is 5. The van der Waals surface area contributed by atoms with Crippen LogP contribution in [-0.2, 0) is 23.0 Å². The Morgan fingerprint density at radius 2 is 1.71 bits per heavy atom. The lowest BCUT2D eigenvalue weighted by atomic mass is 9.96. The molecule has 2 saturated heterocycles. The molecule has 2 atom stereocenters. The quantitative estimate of drug-likeness (QED) is 0.660. The first-order valence-corrected chi connectivity index (χ1v) is 14.2. The number of amides is 1. The molecular weight excluding hydrogens is 450 g/mol. The third-order valence-electron chi connectivity index (χ3n) is 7.66. The van der Waals surface area contributed by atoms with E-state index in [1.807, 2.05) is 11.8 Å². The van der Waals surface area contributed by atoms with Crippen molar-refractivity contribution in [2.24, 2.45) is 0 Å². The zero-order valence-electron chi connectivity index (χ0n) is 20.0. The van der Waals surface area contributed by atoms with E-state index in [9.17, 15) is 13.2 Å². The lowest BCUT2D eigenvalue weighted by Gasteiger charge is -2.33. The van der Waals surface area contributed by atoms with Gasteiger partial charge in [0.15, 0.2) is 0 Å². The maximum absolute atomic E-state index is 13.3. The zero-order chi connectivity index (χ0) is 23.7. The molecule has 1 aromatic carbocycles. The van der Waals surface area contributed by atoms with Crippen LogP contribution in [0.5, 0.6) is 0 Å². The van der Waals surface area contributed by atoms with Crippen molar-refractivity contribution in [3.05, 3.63) is 41.5 Å². The Hall–Kier alpha value is -2.26. The van der Waals surface area contributed by atoms with Crippen LogP contribution >= 0.6 is 0 Å². The van der Waals surface area contributed by atoms with Gasteiger partial charge in [0.2, 0.25) is 10.0 Å². The Morgan fingerprint density at radius 1 is 0.912 bits per heavy atom. The number of hydrogen-bond donors (Lipinski definition) is 0. The fraction of sp³-hybridized carbons (Fsp3) is 0.640. The average molecular weight is 486 g/mol. The third kappa shape index (κ3) is 4.52. The van der Waals surface area contributed by atoms with E-state index in [0.29, 0.717) is 25.2 Å². The first kappa shape index (κ1) is 23.5. The van der Waals surface area contributed by atoms with Crippen LogP contribution in [0.15, 0.2) is 29.2 Å². The number of benzene rings is 1. The van der Waals surface area contributed by atoms with Gasteiger partial charge in [-0.3, -0.25) is 4.79 Å². The first-order valence-electron chi connectivity index (χ1n) is 12.8. The summed E-state index contributed by atoms with van der Waals surface area (Å²) in [6.07, 6.45) is 9.30. The number of carbonyl (C=O) groups excluding carboxylic acids is 1. The fourth-order valence-corrected chi connectivity index (χ4v) is 7.40. The molecule has 5 rings (SSSR count). The number of nitrogens with zero attached hydrogens (tertiary/aromatic N) is 5. The standard InChI is InChI=1S/C25H35N5O3S/c1-19-8-4-6-17-30(19)34(32,33)22-13-11-20(12-14-22)25(31)28-15-7-9-21(18-28)24-27-26-23-10-3-2-5-16-29(23)24/h11-14,19,21H,2-10,15-18H2,1H3/t19-,21+/m0/s1. The Balaban J connectivity index is 1.30. The first-order chi connectivity index (χ1) is 16.4. The summed E-state index contributed by atoms with van der Waals surface area (Å²) in [5.74, 6) is 2.25. The third-order valence-corrected chi connectivity index (χ3v) is 9.69. The van der Waals surface area contributed by atoms with Crippen molar-refractivity contribution in [1.82, 2.24) is 24.0 Å². The SMILES string of the molecule is C[C@H]1CCCCN1S(=O)(=O)c1ccc(C(=O)N2CCC[C@@H](c3nnc4n3CCCCC4)C2)cc1. The summed E-state index contributed by atoms with van der Waals surface area (Å²) in [6.45, 7) is 4.83. The molecule has 1 amide bonds. The van der Waals surface area contributed by atoms with E-state index in [1.165, 1.54) is 6.42 Å². The number of sulfonamides is 1. The van der Waals surface area contributed by atoms with Gasteiger partial charge in [-0.2, -0.15) is 4.31 Å². The van der Waals surface area contributed by atoms with E-state index in [2.05, 4.69) is 14.8 Å². The van der Waals surface area contributed by atoms with Crippen molar-refractivity contribution < 1.29 is 13.2 Å². The molecule has 3 aliphatic heterocycles. The zero-order valence-corrected chi connectivity index (χ0v) is 20.8. The number of aryl methyl sites for hydroxylation is 1. The Kier molecular flexibility index (Phi) is 6.75. The minimum Gasteiger partial charge on any atom is -0.338 e. The largest absolute Gasteiger partial charge is 0.338 e. The molecule has 4 heterocycles. The molecule has 0 unspecified atom stereocenters. The van der Waals surface area contributed by atoms with E-state index in [1.54, 1.807) is 28.6 Å². The Morgan fingerprint density at radius 3 is 2.50 bits per heavy atom. The van der Waals surface area contributed by atoms with E-state index in [4.69, 9.17) is 0 Å². The molecule has 3 aliphatic rings. The second kappa shape index (κ2) is 9.77. The lowest BCUT2D eigenvalue weighted by molar-refractivity contribution is 0.0703. The number of likely N-dealkylation sites (tertiary alicyclic amines) is 1. The number of aromatic nitrogens is 3. The van der Waals surface area contributed by atoms with Gasteiger partial charge in [-0.15, -0.1) is 10.2 Å². The van der Waals surface area contributed by atoms with Gasteiger partial charge in [-0.25, -0.2) is 8.42 Å². The van der Waals surface area contributed by atoms with Crippen LogP contribution in [-0.4, -0.2) is 64.0 Å². The summed E-state index contributed by atoms with van der Waals surface area (Å²) in [6, 6.07) is 6.51. The van der Waals surface area contributed by atoms with Crippen molar-refractivity contribution in [3.8, 4) is 0 Å². The van der Waals surface area contributed by atoms with Gasteiger partial charge in [0.25, 0.3) is 5.91 Å². The highest BCUT2D eigenvalue weighted by atomic mass is 32.2. The predicted molar refractivity (Wildman–Crippen MR) is 129 cm³/mol. The number of carbonyl (C=O) groups is 1. The molecular formula is C25H35N5O3S. The number of fused-ring (bicyclic) bond motifs is 1. The minimum absolute atomic E-state index is 0.0116. The molecule has 34 heavy (non-hydrogen) atoms. The summed E-state index contributed by atoms with van der Waals surface area (Å²) < 4.78 is 30.1. The second-order valence-electron chi connectivity index (χ2n) is 10.0.